The Bertz CT molecular complexity index is 196. The Labute approximate surface area is 133 Å². The smallest absolute Gasteiger partial charge is 0.338 e. The minimum atomic E-state index is -2.00. The van der Waals surface area contributed by atoms with E-state index in [9.17, 15) is 0 Å². The van der Waals surface area contributed by atoms with E-state index < -0.39 is 8.56 Å². The molecule has 0 aromatic carbocycles. The van der Waals surface area contributed by atoms with E-state index in [1.54, 1.807) is 0 Å². The Balaban J connectivity index is 4.16. The van der Waals surface area contributed by atoms with Gasteiger partial charge in [-0.2, -0.15) is 0 Å². The average molecular weight is 319 g/mol. The molecule has 0 aliphatic rings. The van der Waals surface area contributed by atoms with Crippen molar-refractivity contribution in [3.63, 3.8) is 0 Å². The van der Waals surface area contributed by atoms with Gasteiger partial charge >= 0.3 is 8.56 Å². The van der Waals surface area contributed by atoms with Crippen LogP contribution in [-0.4, -0.2) is 48.0 Å². The normalized spacial score (nSPS) is 12.0. The maximum atomic E-state index is 6.14. The van der Waals surface area contributed by atoms with Gasteiger partial charge in [-0.25, -0.2) is 0 Å². The van der Waals surface area contributed by atoms with E-state index in [-0.39, 0.29) is 0 Å². The van der Waals surface area contributed by atoms with Crippen LogP contribution in [0.2, 0.25) is 12.1 Å². The van der Waals surface area contributed by atoms with Crippen molar-refractivity contribution in [2.45, 2.75) is 65.5 Å². The molecule has 0 aromatic rings. The molecule has 0 saturated heterocycles. The number of hydrogen-bond donors (Lipinski definition) is 2. The van der Waals surface area contributed by atoms with Crippen LogP contribution in [0.3, 0.4) is 0 Å². The van der Waals surface area contributed by atoms with Crippen LogP contribution < -0.4 is 10.6 Å². The second-order valence-corrected chi connectivity index (χ2v) is 8.88. The fraction of sp³-hybridized carbons (Fsp3) is 1.00. The van der Waals surface area contributed by atoms with Gasteiger partial charge in [0.2, 0.25) is 0 Å². The molecule has 0 amide bonds. The lowest BCUT2D eigenvalue weighted by molar-refractivity contribution is 0.180. The van der Waals surface area contributed by atoms with Gasteiger partial charge in [-0.05, 0) is 77.8 Å². The SMILES string of the molecule is CCCNCCC[Si](CCCNCCC)(OCC)OCC. The van der Waals surface area contributed by atoms with Crippen LogP contribution in [0, 0.1) is 0 Å². The van der Waals surface area contributed by atoms with Crippen molar-refractivity contribution in [3.05, 3.63) is 0 Å². The molecule has 0 heterocycles. The lowest BCUT2D eigenvalue weighted by Crippen LogP contribution is -2.43. The zero-order chi connectivity index (χ0) is 15.8. The molecule has 0 radical (unpaired) electrons. The third-order valence-electron chi connectivity index (χ3n) is 3.49. The highest BCUT2D eigenvalue weighted by Gasteiger charge is 2.35. The van der Waals surface area contributed by atoms with Gasteiger partial charge in [-0.3, -0.25) is 0 Å². The standard InChI is InChI=1S/C16H38N2O2Si/c1-5-11-17-13-9-15-21(19-7-3,20-8-4)16-10-14-18-12-6-2/h17-18H,5-16H2,1-4H3. The molecule has 128 valence electrons. The summed E-state index contributed by atoms with van der Waals surface area (Å²) < 4.78 is 12.3. The van der Waals surface area contributed by atoms with Crippen LogP contribution in [0.15, 0.2) is 0 Å². The van der Waals surface area contributed by atoms with Crippen LogP contribution in [0.4, 0.5) is 0 Å². The van der Waals surface area contributed by atoms with E-state index in [1.807, 2.05) is 0 Å². The molecule has 21 heavy (non-hydrogen) atoms. The van der Waals surface area contributed by atoms with E-state index in [0.29, 0.717) is 0 Å². The summed E-state index contributed by atoms with van der Waals surface area (Å²) in [6, 6.07) is 2.22. The van der Waals surface area contributed by atoms with Crippen molar-refractivity contribution in [3.8, 4) is 0 Å². The van der Waals surface area contributed by atoms with E-state index >= 15 is 0 Å². The fourth-order valence-electron chi connectivity index (χ4n) is 2.55. The summed E-state index contributed by atoms with van der Waals surface area (Å²) in [6.45, 7) is 14.5. The van der Waals surface area contributed by atoms with Gasteiger partial charge in [0.1, 0.15) is 0 Å². The summed E-state index contributed by atoms with van der Waals surface area (Å²) in [6.07, 6.45) is 4.72. The Morgan fingerprint density at radius 2 is 1.10 bits per heavy atom. The monoisotopic (exact) mass is 318 g/mol. The molecule has 2 N–H and O–H groups in total. The first kappa shape index (κ1) is 21.1. The van der Waals surface area contributed by atoms with E-state index in [2.05, 4.69) is 38.3 Å². The topological polar surface area (TPSA) is 42.5 Å². The fourth-order valence-corrected chi connectivity index (χ4v) is 5.94. The molecule has 0 unspecified atom stereocenters. The van der Waals surface area contributed by atoms with Crippen LogP contribution >= 0.6 is 0 Å². The highest BCUT2D eigenvalue weighted by atomic mass is 28.4. The van der Waals surface area contributed by atoms with Crippen LogP contribution in [0.25, 0.3) is 0 Å². The summed E-state index contributed by atoms with van der Waals surface area (Å²) >= 11 is 0. The van der Waals surface area contributed by atoms with E-state index in [1.165, 1.54) is 12.8 Å². The quantitative estimate of drug-likeness (QED) is 0.338. The van der Waals surface area contributed by atoms with Gasteiger partial charge in [0.15, 0.2) is 0 Å². The molecular formula is C16H38N2O2Si. The largest absolute Gasteiger partial charge is 0.394 e. The highest BCUT2D eigenvalue weighted by Crippen LogP contribution is 2.22. The predicted octanol–water partition coefficient (Wildman–Crippen LogP) is 3.28. The van der Waals surface area contributed by atoms with E-state index in [4.69, 9.17) is 8.85 Å². The van der Waals surface area contributed by atoms with Crippen molar-refractivity contribution < 1.29 is 8.85 Å². The minimum Gasteiger partial charge on any atom is -0.394 e. The maximum Gasteiger partial charge on any atom is 0.338 e. The summed E-state index contributed by atoms with van der Waals surface area (Å²) in [5.41, 5.74) is 0. The Morgan fingerprint density at radius 1 is 0.667 bits per heavy atom. The van der Waals surface area contributed by atoms with Crippen molar-refractivity contribution in [1.82, 2.24) is 10.6 Å². The first-order chi connectivity index (χ1) is 10.2. The second-order valence-electron chi connectivity index (χ2n) is 5.48. The van der Waals surface area contributed by atoms with Crippen molar-refractivity contribution in [1.29, 1.82) is 0 Å². The maximum absolute atomic E-state index is 6.14. The van der Waals surface area contributed by atoms with Crippen LogP contribution in [0.5, 0.6) is 0 Å². The summed E-state index contributed by atoms with van der Waals surface area (Å²) in [5, 5.41) is 6.95. The third-order valence-corrected chi connectivity index (χ3v) is 7.35. The molecule has 0 fully saturated rings. The molecule has 0 aliphatic heterocycles. The molecule has 0 aromatic heterocycles. The molecule has 0 bridgehead atoms. The first-order valence-electron chi connectivity index (χ1n) is 8.94. The van der Waals surface area contributed by atoms with E-state index in [0.717, 1.165) is 64.3 Å². The summed E-state index contributed by atoms with van der Waals surface area (Å²) in [4.78, 5) is 0. The zero-order valence-electron chi connectivity index (χ0n) is 14.8. The van der Waals surface area contributed by atoms with Gasteiger partial charge in [0.05, 0.1) is 0 Å². The van der Waals surface area contributed by atoms with Crippen LogP contribution in [0.1, 0.15) is 53.4 Å². The third kappa shape index (κ3) is 11.3. The zero-order valence-corrected chi connectivity index (χ0v) is 15.8. The lowest BCUT2D eigenvalue weighted by atomic mass is 10.4. The van der Waals surface area contributed by atoms with Gasteiger partial charge in [0.25, 0.3) is 0 Å². The Kier molecular flexibility index (Phi) is 15.0. The molecule has 4 nitrogen and oxygen atoms in total. The van der Waals surface area contributed by atoms with Gasteiger partial charge < -0.3 is 19.5 Å². The molecule has 0 saturated carbocycles. The molecule has 0 rings (SSSR count). The van der Waals surface area contributed by atoms with Crippen LogP contribution in [-0.2, 0) is 8.85 Å². The van der Waals surface area contributed by atoms with Crippen molar-refractivity contribution in [2.24, 2.45) is 0 Å². The second kappa shape index (κ2) is 15.0. The molecular weight excluding hydrogens is 280 g/mol. The Morgan fingerprint density at radius 3 is 1.43 bits per heavy atom. The van der Waals surface area contributed by atoms with Gasteiger partial charge in [-0.1, -0.05) is 13.8 Å². The minimum absolute atomic E-state index is 0.775. The summed E-state index contributed by atoms with van der Waals surface area (Å²) in [5.74, 6) is 0. The average Bonchev–Trinajstić information content (AvgIpc) is 2.47. The number of rotatable bonds is 16. The molecule has 0 atom stereocenters. The number of hydrogen-bond acceptors (Lipinski definition) is 4. The lowest BCUT2D eigenvalue weighted by Gasteiger charge is -2.30. The first-order valence-corrected chi connectivity index (χ1v) is 11.2. The van der Waals surface area contributed by atoms with Crippen molar-refractivity contribution >= 4 is 8.56 Å². The number of nitrogens with one attached hydrogen (secondary N) is 2. The predicted molar refractivity (Wildman–Crippen MR) is 94.2 cm³/mol. The molecule has 5 heteroatoms. The summed E-state index contributed by atoms with van der Waals surface area (Å²) in [7, 11) is -2.00. The van der Waals surface area contributed by atoms with Gasteiger partial charge in [-0.15, -0.1) is 0 Å². The molecule has 0 spiro atoms. The Hall–Kier alpha value is 0.0569. The highest BCUT2D eigenvalue weighted by molar-refractivity contribution is 6.67. The molecule has 0 aliphatic carbocycles. The van der Waals surface area contributed by atoms with Gasteiger partial charge in [0, 0.05) is 13.2 Å². The van der Waals surface area contributed by atoms with Crippen molar-refractivity contribution in [2.75, 3.05) is 39.4 Å².